The predicted octanol–water partition coefficient (Wildman–Crippen LogP) is -0.806. The molecule has 1 unspecified atom stereocenters. The van der Waals surface area contributed by atoms with Gasteiger partial charge in [0.1, 0.15) is 0 Å². The quantitative estimate of drug-likeness (QED) is 0.580. The largest absolute Gasteiger partial charge is 0.404 e. The first-order valence-corrected chi connectivity index (χ1v) is 7.48. The molecule has 1 aliphatic heterocycles. The molecule has 3 N–H and O–H groups in total. The number of carbonyl (C=O) groups is 1. The van der Waals surface area contributed by atoms with Gasteiger partial charge in [-0.3, -0.25) is 4.79 Å². The van der Waals surface area contributed by atoms with Crippen LogP contribution in [0.25, 0.3) is 0 Å². The molecule has 1 saturated heterocycles. The first kappa shape index (κ1) is 16.2. The van der Waals surface area contributed by atoms with E-state index in [4.69, 9.17) is 0 Å². The predicted molar refractivity (Wildman–Crippen MR) is 61.8 cm³/mol. The Kier molecular flexibility index (Phi) is 4.80. The van der Waals surface area contributed by atoms with Crippen molar-refractivity contribution >= 4 is 15.9 Å². The van der Waals surface area contributed by atoms with Crippen molar-refractivity contribution in [1.29, 1.82) is 0 Å². The number of carbonyl (C=O) groups excluding carboxylic acids is 1. The lowest BCUT2D eigenvalue weighted by Gasteiger charge is -2.29. The maximum Gasteiger partial charge on any atom is 0.404 e. The Hall–Kier alpha value is -0.870. The van der Waals surface area contributed by atoms with E-state index in [-0.39, 0.29) is 26.1 Å². The molecule has 1 rings (SSSR count). The second-order valence-electron chi connectivity index (χ2n) is 4.43. The monoisotopic (exact) mass is 303 g/mol. The summed E-state index contributed by atoms with van der Waals surface area (Å²) in [6.45, 7) is -0.675. The fourth-order valence-corrected chi connectivity index (χ4v) is 2.31. The first-order chi connectivity index (χ1) is 8.58. The lowest BCUT2D eigenvalue weighted by atomic mass is 9.85. The van der Waals surface area contributed by atoms with Gasteiger partial charge in [0.2, 0.25) is 15.9 Å². The van der Waals surface area contributed by atoms with E-state index < -0.39 is 34.1 Å². The summed E-state index contributed by atoms with van der Waals surface area (Å²) < 4.78 is 62.4. The van der Waals surface area contributed by atoms with E-state index in [1.807, 2.05) is 0 Å². The molecule has 0 spiro atoms. The van der Waals surface area contributed by atoms with Crippen molar-refractivity contribution in [3.63, 3.8) is 0 Å². The number of rotatable bonds is 5. The van der Waals surface area contributed by atoms with Crippen molar-refractivity contribution in [1.82, 2.24) is 15.4 Å². The number of halogens is 3. The smallest absolute Gasteiger partial charge is 0.354 e. The van der Waals surface area contributed by atoms with Gasteiger partial charge in [-0.15, -0.1) is 0 Å². The van der Waals surface area contributed by atoms with Gasteiger partial charge >= 0.3 is 6.18 Å². The summed E-state index contributed by atoms with van der Waals surface area (Å²) in [6, 6.07) is 0. The van der Waals surface area contributed by atoms with Gasteiger partial charge < -0.3 is 10.6 Å². The fourth-order valence-electron chi connectivity index (χ4n) is 1.84. The summed E-state index contributed by atoms with van der Waals surface area (Å²) in [7, 11) is -3.42. The minimum atomic E-state index is -4.63. The summed E-state index contributed by atoms with van der Waals surface area (Å²) >= 11 is 0. The van der Waals surface area contributed by atoms with Gasteiger partial charge in [-0.05, 0) is 13.0 Å². The Morgan fingerprint density at radius 2 is 2.00 bits per heavy atom. The van der Waals surface area contributed by atoms with Crippen molar-refractivity contribution in [2.75, 3.05) is 32.4 Å². The van der Waals surface area contributed by atoms with E-state index >= 15 is 0 Å². The van der Waals surface area contributed by atoms with Gasteiger partial charge in [0.05, 0.1) is 6.26 Å². The average molecular weight is 303 g/mol. The highest BCUT2D eigenvalue weighted by Crippen LogP contribution is 2.43. The Labute approximate surface area is 109 Å². The van der Waals surface area contributed by atoms with Crippen molar-refractivity contribution in [2.45, 2.75) is 12.6 Å². The third kappa shape index (κ3) is 4.05. The number of amides is 1. The molecule has 1 amide bonds. The van der Waals surface area contributed by atoms with Crippen LogP contribution in [0.3, 0.4) is 0 Å². The Morgan fingerprint density at radius 3 is 2.42 bits per heavy atom. The highest BCUT2D eigenvalue weighted by Gasteiger charge is 2.61. The van der Waals surface area contributed by atoms with Crippen LogP contribution in [0.1, 0.15) is 6.42 Å². The van der Waals surface area contributed by atoms with Crippen LogP contribution in [0.5, 0.6) is 0 Å². The molecule has 1 heterocycles. The number of nitrogens with one attached hydrogen (secondary N) is 3. The SMILES string of the molecule is CS(=O)(=O)NCCNC(=O)C1(C(F)(F)F)CCNC1. The van der Waals surface area contributed by atoms with Gasteiger partial charge in [0, 0.05) is 19.6 Å². The van der Waals surface area contributed by atoms with Crippen LogP contribution < -0.4 is 15.4 Å². The maximum atomic E-state index is 13.0. The topological polar surface area (TPSA) is 87.3 Å². The van der Waals surface area contributed by atoms with Crippen molar-refractivity contribution < 1.29 is 26.4 Å². The molecular weight excluding hydrogens is 287 g/mol. The summed E-state index contributed by atoms with van der Waals surface area (Å²) in [4.78, 5) is 11.7. The Morgan fingerprint density at radius 1 is 1.37 bits per heavy atom. The minimum absolute atomic E-state index is 0.120. The van der Waals surface area contributed by atoms with E-state index in [9.17, 15) is 26.4 Å². The molecule has 0 bridgehead atoms. The van der Waals surface area contributed by atoms with Gasteiger partial charge in [0.15, 0.2) is 5.41 Å². The van der Waals surface area contributed by atoms with Crippen LogP contribution >= 0.6 is 0 Å². The van der Waals surface area contributed by atoms with Crippen LogP contribution in [0.15, 0.2) is 0 Å². The van der Waals surface area contributed by atoms with Crippen LogP contribution in [-0.4, -0.2) is 52.9 Å². The zero-order valence-electron chi connectivity index (χ0n) is 10.3. The molecule has 0 aromatic carbocycles. The number of hydrogen-bond donors (Lipinski definition) is 3. The molecule has 112 valence electrons. The molecule has 0 aliphatic carbocycles. The standard InChI is InChI=1S/C9H16F3N3O3S/c1-19(17,18)15-5-4-14-7(16)8(9(10,11)12)2-3-13-6-8/h13,15H,2-6H2,1H3,(H,14,16). The highest BCUT2D eigenvalue weighted by molar-refractivity contribution is 7.88. The Balaban J connectivity index is 2.56. The second kappa shape index (κ2) is 5.63. The normalized spacial score (nSPS) is 24.4. The van der Waals surface area contributed by atoms with Crippen LogP contribution in [-0.2, 0) is 14.8 Å². The zero-order valence-corrected chi connectivity index (χ0v) is 11.1. The van der Waals surface area contributed by atoms with Gasteiger partial charge in [-0.1, -0.05) is 0 Å². The molecule has 0 radical (unpaired) electrons. The molecule has 10 heteroatoms. The fraction of sp³-hybridized carbons (Fsp3) is 0.889. The second-order valence-corrected chi connectivity index (χ2v) is 6.26. The van der Waals surface area contributed by atoms with Gasteiger partial charge in [-0.25, -0.2) is 13.1 Å². The van der Waals surface area contributed by atoms with E-state index in [0.717, 1.165) is 6.26 Å². The van der Waals surface area contributed by atoms with Gasteiger partial charge in [-0.2, -0.15) is 13.2 Å². The summed E-state index contributed by atoms with van der Waals surface area (Å²) in [6.07, 6.45) is -4.03. The summed E-state index contributed by atoms with van der Waals surface area (Å²) in [5, 5.41) is 4.64. The van der Waals surface area contributed by atoms with E-state index in [1.54, 1.807) is 0 Å². The first-order valence-electron chi connectivity index (χ1n) is 5.59. The third-order valence-electron chi connectivity index (χ3n) is 2.91. The number of sulfonamides is 1. The van der Waals surface area contributed by atoms with Gasteiger partial charge in [0.25, 0.3) is 0 Å². The molecule has 0 aromatic rings. The third-order valence-corrected chi connectivity index (χ3v) is 3.64. The molecule has 6 nitrogen and oxygen atoms in total. The van der Waals surface area contributed by atoms with E-state index in [1.165, 1.54) is 0 Å². The summed E-state index contributed by atoms with van der Waals surface area (Å²) in [5.74, 6) is -1.12. The van der Waals surface area contributed by atoms with Crippen LogP contribution in [0.4, 0.5) is 13.2 Å². The molecule has 1 atom stereocenters. The molecule has 1 aliphatic rings. The molecule has 19 heavy (non-hydrogen) atoms. The lowest BCUT2D eigenvalue weighted by Crippen LogP contribution is -2.53. The number of alkyl halides is 3. The molecule has 0 saturated carbocycles. The Bertz CT molecular complexity index is 430. The molecule has 0 aromatic heterocycles. The zero-order chi connectivity index (χ0) is 14.7. The van der Waals surface area contributed by atoms with E-state index in [2.05, 4.69) is 15.4 Å². The molecule has 1 fully saturated rings. The molecular formula is C9H16F3N3O3S. The van der Waals surface area contributed by atoms with Crippen molar-refractivity contribution in [3.05, 3.63) is 0 Å². The van der Waals surface area contributed by atoms with Crippen LogP contribution in [0, 0.1) is 5.41 Å². The van der Waals surface area contributed by atoms with Crippen molar-refractivity contribution in [2.24, 2.45) is 5.41 Å². The van der Waals surface area contributed by atoms with E-state index in [0.29, 0.717) is 0 Å². The number of hydrogen-bond acceptors (Lipinski definition) is 4. The average Bonchev–Trinajstić information content (AvgIpc) is 2.72. The summed E-state index contributed by atoms with van der Waals surface area (Å²) in [5.41, 5.74) is -2.42. The maximum absolute atomic E-state index is 13.0. The van der Waals surface area contributed by atoms with Crippen LogP contribution in [0.2, 0.25) is 0 Å². The minimum Gasteiger partial charge on any atom is -0.354 e. The lowest BCUT2D eigenvalue weighted by molar-refractivity contribution is -0.215. The highest BCUT2D eigenvalue weighted by atomic mass is 32.2. The van der Waals surface area contributed by atoms with Crippen molar-refractivity contribution in [3.8, 4) is 0 Å².